The molecule has 0 saturated carbocycles. The third kappa shape index (κ3) is 5.96. The molecular formula is C10H16BN5O14P3. The number of anilines is 1. The van der Waals surface area contributed by atoms with Gasteiger partial charge in [0.15, 0.2) is 17.4 Å². The third-order valence-corrected chi connectivity index (χ3v) is 8.25. The molecule has 0 aliphatic carbocycles. The molecule has 1 radical (unpaired) electrons. The number of rotatable bonds is 9. The van der Waals surface area contributed by atoms with Crippen LogP contribution in [0, 0.1) is 0 Å². The summed E-state index contributed by atoms with van der Waals surface area (Å²) in [5, 5.41) is 29.6. The number of aromatic amines is 1. The average molecular weight is 534 g/mol. The van der Waals surface area contributed by atoms with E-state index in [4.69, 9.17) is 25.3 Å². The first-order chi connectivity index (χ1) is 15.1. The van der Waals surface area contributed by atoms with Gasteiger partial charge in [-0.3, -0.25) is 18.9 Å². The van der Waals surface area contributed by atoms with Crippen molar-refractivity contribution in [3.8, 4) is 0 Å². The lowest BCUT2D eigenvalue weighted by Gasteiger charge is -2.21. The first kappa shape index (κ1) is 26.1. The minimum atomic E-state index is -5.69. The largest absolute Gasteiger partial charge is 0.487 e. The van der Waals surface area contributed by atoms with Crippen molar-refractivity contribution < 1.29 is 61.5 Å². The maximum atomic E-state index is 12.3. The van der Waals surface area contributed by atoms with Crippen molar-refractivity contribution in [3.63, 3.8) is 0 Å². The second kappa shape index (κ2) is 9.28. The Hall–Kier alpha value is -1.50. The van der Waals surface area contributed by atoms with E-state index in [-0.39, 0.29) is 24.3 Å². The van der Waals surface area contributed by atoms with E-state index in [2.05, 4.69) is 28.1 Å². The maximum Gasteiger partial charge on any atom is 0.487 e. The smallest absolute Gasteiger partial charge is 0.444 e. The quantitative estimate of drug-likeness (QED) is 0.120. The van der Waals surface area contributed by atoms with Crippen LogP contribution in [0.4, 0.5) is 5.95 Å². The number of nitrogens with zero attached hydrogens (tertiary/aromatic N) is 3. The zero-order valence-corrected chi connectivity index (χ0v) is 18.6. The van der Waals surface area contributed by atoms with E-state index in [1.807, 2.05) is 0 Å². The van der Waals surface area contributed by atoms with Crippen molar-refractivity contribution in [2.45, 2.75) is 24.5 Å². The molecule has 2 aromatic heterocycles. The van der Waals surface area contributed by atoms with E-state index in [0.717, 1.165) is 10.9 Å². The van der Waals surface area contributed by atoms with Crippen molar-refractivity contribution >= 4 is 47.4 Å². The molecule has 2 aromatic rings. The molecule has 1 aliphatic rings. The zero-order valence-electron chi connectivity index (χ0n) is 15.9. The van der Waals surface area contributed by atoms with Gasteiger partial charge in [0.2, 0.25) is 5.95 Å². The Labute approximate surface area is 182 Å². The van der Waals surface area contributed by atoms with Gasteiger partial charge in [-0.25, -0.2) is 18.4 Å². The summed E-state index contributed by atoms with van der Waals surface area (Å²) in [5.74, 6) is -0.273. The highest BCUT2D eigenvalue weighted by Crippen LogP contribution is 2.67. The lowest BCUT2D eigenvalue weighted by atomic mass is 10.1. The molecule has 9 N–H and O–H groups in total. The molecule has 23 heteroatoms. The summed E-state index contributed by atoms with van der Waals surface area (Å²) in [6.45, 7) is -0.943. The Bertz CT molecular complexity index is 1230. The molecule has 3 rings (SSSR count). The van der Waals surface area contributed by atoms with Crippen LogP contribution in [0.15, 0.2) is 11.1 Å². The van der Waals surface area contributed by atoms with Crippen LogP contribution in [0.2, 0.25) is 0 Å². The first-order valence-electron chi connectivity index (χ1n) is 8.42. The number of nitrogen functional groups attached to an aromatic ring is 1. The van der Waals surface area contributed by atoms with E-state index in [1.54, 1.807) is 0 Å². The zero-order chi connectivity index (χ0) is 24.8. The highest BCUT2D eigenvalue weighted by Gasteiger charge is 2.47. The summed E-state index contributed by atoms with van der Waals surface area (Å²) in [4.78, 5) is 48.2. The molecule has 0 spiro atoms. The van der Waals surface area contributed by atoms with Crippen molar-refractivity contribution in [2.75, 3.05) is 12.3 Å². The van der Waals surface area contributed by atoms with Crippen molar-refractivity contribution in [2.24, 2.45) is 0 Å². The predicted octanol–water partition coefficient (Wildman–Crippen LogP) is -2.72. The number of aliphatic hydroxyl groups excluding tert-OH is 2. The van der Waals surface area contributed by atoms with Crippen LogP contribution >= 0.6 is 23.1 Å². The lowest BCUT2D eigenvalue weighted by molar-refractivity contribution is -0.0480. The first-order valence-corrected chi connectivity index (χ1v) is 13.1. The van der Waals surface area contributed by atoms with Crippen LogP contribution in [-0.4, -0.2) is 81.6 Å². The fourth-order valence-electron chi connectivity index (χ4n) is 2.77. The summed E-state index contributed by atoms with van der Waals surface area (Å²) in [6, 6.07) is 0. The van der Waals surface area contributed by atoms with E-state index < -0.39 is 59.8 Å². The molecule has 19 nitrogen and oxygen atoms in total. The van der Waals surface area contributed by atoms with E-state index in [1.165, 1.54) is 0 Å². The van der Waals surface area contributed by atoms with Crippen molar-refractivity contribution in [3.05, 3.63) is 16.7 Å². The minimum Gasteiger partial charge on any atom is -0.444 e. The highest BCUT2D eigenvalue weighted by atomic mass is 31.3. The summed E-state index contributed by atoms with van der Waals surface area (Å²) in [6.07, 6.45) is -5.26. The standard InChI is InChI=1S/C10H16BN5O14P3/c12-10-14-7-4(8(19)15-10)13-2-16(7)9-6(18)5(17)3(28-9)1-27-31(21,11-20)29-33(25,26)30-32(22,23)24/h2-3,5-6,9,17-18,20H,1H2,(H,25,26)(H2,22,23,24)(H3,12,14,15,19)/t3-,5?,6+,9-,31?/m1/s1. The Balaban J connectivity index is 1.75. The molecule has 1 fully saturated rings. The van der Waals surface area contributed by atoms with Gasteiger partial charge in [0.25, 0.3) is 5.56 Å². The summed E-state index contributed by atoms with van der Waals surface area (Å²) < 4.78 is 53.2. The third-order valence-electron chi connectivity index (χ3n) is 4.05. The number of hydrogen-bond acceptors (Lipinski definition) is 14. The average Bonchev–Trinajstić information content (AvgIpc) is 3.20. The second-order valence-corrected chi connectivity index (χ2v) is 11.2. The van der Waals surface area contributed by atoms with Crippen LogP contribution in [0.1, 0.15) is 6.23 Å². The molecule has 0 aromatic carbocycles. The molecule has 3 heterocycles. The topological polar surface area (TPSA) is 299 Å². The van der Waals surface area contributed by atoms with Crippen LogP contribution in [0.5, 0.6) is 0 Å². The Morgan fingerprint density at radius 2 is 1.88 bits per heavy atom. The molecule has 0 amide bonds. The summed E-state index contributed by atoms with van der Waals surface area (Å²) >= 11 is 0. The summed E-state index contributed by atoms with van der Waals surface area (Å²) in [5.41, 5.74) is 4.53. The lowest BCUT2D eigenvalue weighted by Crippen LogP contribution is -2.33. The van der Waals surface area contributed by atoms with Gasteiger partial charge in [-0.05, 0) is 0 Å². The molecular weight excluding hydrogens is 518 g/mol. The van der Waals surface area contributed by atoms with Gasteiger partial charge in [0, 0.05) is 0 Å². The Kier molecular flexibility index (Phi) is 7.34. The number of imidazole rings is 1. The number of fused-ring (bicyclic) bond motifs is 1. The van der Waals surface area contributed by atoms with E-state index in [0.29, 0.717) is 0 Å². The molecule has 1 saturated heterocycles. The molecule has 183 valence electrons. The number of nitrogens with one attached hydrogen (secondary N) is 1. The number of hydrogen-bond donors (Lipinski definition) is 8. The van der Waals surface area contributed by atoms with Crippen LogP contribution in [0.3, 0.4) is 0 Å². The van der Waals surface area contributed by atoms with Gasteiger partial charge < -0.3 is 44.9 Å². The van der Waals surface area contributed by atoms with Gasteiger partial charge >= 0.3 is 30.3 Å². The molecule has 3 unspecified atom stereocenters. The van der Waals surface area contributed by atoms with Gasteiger partial charge in [0.05, 0.1) is 12.9 Å². The fourth-order valence-corrected chi connectivity index (χ4v) is 6.17. The summed E-state index contributed by atoms with van der Waals surface area (Å²) in [7, 11) is -16.6. The Morgan fingerprint density at radius 1 is 1.21 bits per heavy atom. The Morgan fingerprint density at radius 3 is 2.48 bits per heavy atom. The van der Waals surface area contributed by atoms with Crippen LogP contribution in [0.25, 0.3) is 11.2 Å². The van der Waals surface area contributed by atoms with Crippen LogP contribution in [-0.2, 0) is 31.6 Å². The maximum absolute atomic E-state index is 12.3. The van der Waals surface area contributed by atoms with E-state index in [9.17, 15) is 33.6 Å². The van der Waals surface area contributed by atoms with Gasteiger partial charge in [-0.2, -0.15) is 9.29 Å². The number of aliphatic hydroxyl groups is 2. The fraction of sp³-hybridized carbons (Fsp3) is 0.500. The molecule has 0 bridgehead atoms. The number of ether oxygens (including phenoxy) is 1. The number of aromatic nitrogens is 4. The van der Waals surface area contributed by atoms with Crippen molar-refractivity contribution in [1.82, 2.24) is 19.5 Å². The molecule has 33 heavy (non-hydrogen) atoms. The van der Waals surface area contributed by atoms with Crippen molar-refractivity contribution in [1.29, 1.82) is 0 Å². The number of H-pyrrole nitrogens is 1. The SMILES string of the molecule is Nc1nc2c(ncn2[C@@H]2O[C@H](COP(=O)([B]O)OP(=O)(O)OP(=O)(O)O)C(O)[C@@H]2O)c(=O)[nH]1. The highest BCUT2D eigenvalue weighted by molar-refractivity contribution is 7.86. The number of nitrogens with two attached hydrogens (primary N) is 1. The normalized spacial score (nSPS) is 27.3. The minimum absolute atomic E-state index is 0.109. The predicted molar refractivity (Wildman–Crippen MR) is 104 cm³/mol. The molecule has 1 aliphatic heterocycles. The van der Waals surface area contributed by atoms with Gasteiger partial charge in [-0.1, -0.05) is 0 Å². The van der Waals surface area contributed by atoms with Crippen LogP contribution < -0.4 is 11.3 Å². The monoisotopic (exact) mass is 534 g/mol. The van der Waals surface area contributed by atoms with Gasteiger partial charge in [0.1, 0.15) is 18.3 Å². The second-order valence-electron chi connectivity index (χ2n) is 6.40. The van der Waals surface area contributed by atoms with E-state index >= 15 is 0 Å². The molecule has 6 atom stereocenters. The number of phosphoric acid groups is 2. The van der Waals surface area contributed by atoms with Gasteiger partial charge in [-0.15, -0.1) is 0 Å².